The molecule has 0 atom stereocenters. The highest BCUT2D eigenvalue weighted by Gasteiger charge is 1.95. The fourth-order valence-corrected chi connectivity index (χ4v) is 2.07. The lowest BCUT2D eigenvalue weighted by Crippen LogP contribution is -2.11. The Morgan fingerprint density at radius 2 is 1.10 bits per heavy atom. The molecule has 0 rings (SSSR count). The van der Waals surface area contributed by atoms with Gasteiger partial charge in [0.2, 0.25) is 0 Å². The average molecular weight is 304 g/mol. The summed E-state index contributed by atoms with van der Waals surface area (Å²) in [6, 6.07) is 0. The van der Waals surface area contributed by atoms with Gasteiger partial charge in [-0.3, -0.25) is 0 Å². The molecule has 0 amide bonds. The normalized spacial score (nSPS) is 11.4. The minimum Gasteiger partial charge on any atom is -0.394 e. The van der Waals surface area contributed by atoms with E-state index >= 15 is 0 Å². The summed E-state index contributed by atoms with van der Waals surface area (Å²) >= 11 is 0. The van der Waals surface area contributed by atoms with Crippen molar-refractivity contribution in [2.24, 2.45) is 5.92 Å². The molecule has 0 unspecified atom stereocenters. The monoisotopic (exact) mass is 304 g/mol. The zero-order chi connectivity index (χ0) is 15.6. The highest BCUT2D eigenvalue weighted by molar-refractivity contribution is 4.49. The maximum Gasteiger partial charge on any atom is 0.0701 e. The van der Waals surface area contributed by atoms with E-state index in [0.717, 1.165) is 18.9 Å². The van der Waals surface area contributed by atoms with Crippen LogP contribution in [0.1, 0.15) is 58.8 Å². The Bertz CT molecular complexity index is 186. The molecule has 0 aromatic heterocycles. The molecule has 128 valence electrons. The number of unbranched alkanes of at least 4 members (excludes halogenated alkanes) is 5. The maximum atomic E-state index is 8.51. The maximum absolute atomic E-state index is 8.51. The molecule has 0 heterocycles. The van der Waals surface area contributed by atoms with Gasteiger partial charge in [0, 0.05) is 6.61 Å². The van der Waals surface area contributed by atoms with Crippen molar-refractivity contribution in [3.05, 3.63) is 0 Å². The minimum absolute atomic E-state index is 0.0703. The molecule has 0 radical (unpaired) electrons. The zero-order valence-corrected chi connectivity index (χ0v) is 14.1. The van der Waals surface area contributed by atoms with Gasteiger partial charge in [-0.2, -0.15) is 0 Å². The summed E-state index contributed by atoms with van der Waals surface area (Å²) in [6.07, 6.45) is 9.26. The number of aliphatic hydroxyl groups is 1. The van der Waals surface area contributed by atoms with Crippen LogP contribution < -0.4 is 0 Å². The third kappa shape index (κ3) is 19.8. The van der Waals surface area contributed by atoms with Crippen molar-refractivity contribution in [3.8, 4) is 0 Å². The lowest BCUT2D eigenvalue weighted by Gasteiger charge is -2.06. The van der Waals surface area contributed by atoms with Gasteiger partial charge in [-0.25, -0.2) is 0 Å². The first-order chi connectivity index (χ1) is 10.3. The molecular formula is C17H36O4. The van der Waals surface area contributed by atoms with Gasteiger partial charge in [0.1, 0.15) is 0 Å². The Morgan fingerprint density at radius 1 is 0.619 bits per heavy atom. The van der Waals surface area contributed by atoms with Crippen LogP contribution in [-0.2, 0) is 14.2 Å². The van der Waals surface area contributed by atoms with Crippen LogP contribution in [0.3, 0.4) is 0 Å². The van der Waals surface area contributed by atoms with E-state index in [0.29, 0.717) is 33.0 Å². The average Bonchev–Trinajstić information content (AvgIpc) is 2.46. The molecule has 0 saturated carbocycles. The van der Waals surface area contributed by atoms with E-state index in [4.69, 9.17) is 19.3 Å². The van der Waals surface area contributed by atoms with Crippen molar-refractivity contribution in [1.29, 1.82) is 0 Å². The fraction of sp³-hybridized carbons (Fsp3) is 1.00. The predicted molar refractivity (Wildman–Crippen MR) is 86.7 cm³/mol. The first kappa shape index (κ1) is 20.8. The topological polar surface area (TPSA) is 47.9 Å². The van der Waals surface area contributed by atoms with E-state index in [1.54, 1.807) is 0 Å². The van der Waals surface area contributed by atoms with Crippen molar-refractivity contribution in [2.45, 2.75) is 58.8 Å². The summed E-state index contributed by atoms with van der Waals surface area (Å²) in [6.45, 7) is 8.28. The molecule has 21 heavy (non-hydrogen) atoms. The van der Waals surface area contributed by atoms with Gasteiger partial charge in [-0.15, -0.1) is 0 Å². The number of hydrogen-bond donors (Lipinski definition) is 1. The lowest BCUT2D eigenvalue weighted by molar-refractivity contribution is 0.00719. The van der Waals surface area contributed by atoms with Crippen LogP contribution in [0.4, 0.5) is 0 Å². The van der Waals surface area contributed by atoms with E-state index in [1.807, 2.05) is 0 Å². The smallest absolute Gasteiger partial charge is 0.0701 e. The van der Waals surface area contributed by atoms with Gasteiger partial charge in [0.15, 0.2) is 0 Å². The Hall–Kier alpha value is -0.160. The van der Waals surface area contributed by atoms with Crippen molar-refractivity contribution >= 4 is 0 Å². The fourth-order valence-electron chi connectivity index (χ4n) is 2.07. The van der Waals surface area contributed by atoms with Crippen molar-refractivity contribution < 1.29 is 19.3 Å². The molecule has 0 saturated heterocycles. The van der Waals surface area contributed by atoms with Crippen LogP contribution in [0.25, 0.3) is 0 Å². The Labute approximate surface area is 131 Å². The summed E-state index contributed by atoms with van der Waals surface area (Å²) in [4.78, 5) is 0. The van der Waals surface area contributed by atoms with Gasteiger partial charge in [-0.1, -0.05) is 52.4 Å². The first-order valence-corrected chi connectivity index (χ1v) is 8.61. The van der Waals surface area contributed by atoms with Crippen LogP contribution in [0.2, 0.25) is 0 Å². The van der Waals surface area contributed by atoms with E-state index in [2.05, 4.69) is 13.8 Å². The summed E-state index contributed by atoms with van der Waals surface area (Å²) in [5.74, 6) is 0.849. The summed E-state index contributed by atoms with van der Waals surface area (Å²) in [5.41, 5.74) is 0. The first-order valence-electron chi connectivity index (χ1n) is 8.61. The van der Waals surface area contributed by atoms with Crippen LogP contribution in [0.15, 0.2) is 0 Å². The van der Waals surface area contributed by atoms with E-state index in [-0.39, 0.29) is 6.61 Å². The van der Waals surface area contributed by atoms with Gasteiger partial charge >= 0.3 is 0 Å². The molecule has 0 aromatic carbocycles. The van der Waals surface area contributed by atoms with Gasteiger partial charge in [-0.05, 0) is 12.3 Å². The summed E-state index contributed by atoms with van der Waals surface area (Å²) < 4.78 is 15.9. The molecule has 4 nitrogen and oxygen atoms in total. The Morgan fingerprint density at radius 3 is 1.67 bits per heavy atom. The molecule has 1 N–H and O–H groups in total. The van der Waals surface area contributed by atoms with Gasteiger partial charge in [0.05, 0.1) is 39.6 Å². The second-order valence-electron chi connectivity index (χ2n) is 5.86. The molecular weight excluding hydrogens is 268 g/mol. The quantitative estimate of drug-likeness (QED) is 0.418. The summed E-state index contributed by atoms with van der Waals surface area (Å²) in [5, 5.41) is 8.51. The number of ether oxygens (including phenoxy) is 3. The Balaban J connectivity index is 2.93. The highest BCUT2D eigenvalue weighted by atomic mass is 16.5. The second kappa shape index (κ2) is 17.9. The van der Waals surface area contributed by atoms with Crippen LogP contribution >= 0.6 is 0 Å². The van der Waals surface area contributed by atoms with E-state index in [9.17, 15) is 0 Å². The van der Waals surface area contributed by atoms with Crippen LogP contribution in [-0.4, -0.2) is 51.4 Å². The predicted octanol–water partition coefficient (Wildman–Crippen LogP) is 3.42. The molecule has 0 bridgehead atoms. The molecule has 0 aliphatic rings. The highest BCUT2D eigenvalue weighted by Crippen LogP contribution is 2.11. The number of aliphatic hydroxyl groups excluding tert-OH is 1. The van der Waals surface area contributed by atoms with E-state index in [1.165, 1.54) is 38.5 Å². The zero-order valence-electron chi connectivity index (χ0n) is 14.1. The second-order valence-corrected chi connectivity index (χ2v) is 5.86. The molecule has 0 spiro atoms. The van der Waals surface area contributed by atoms with Crippen LogP contribution in [0.5, 0.6) is 0 Å². The van der Waals surface area contributed by atoms with Crippen molar-refractivity contribution in [2.75, 3.05) is 46.2 Å². The molecule has 0 aromatic rings. The molecule has 0 fully saturated rings. The van der Waals surface area contributed by atoms with Crippen LogP contribution in [0, 0.1) is 5.92 Å². The largest absolute Gasteiger partial charge is 0.394 e. The number of hydrogen-bond acceptors (Lipinski definition) is 4. The third-order valence-corrected chi connectivity index (χ3v) is 3.30. The lowest BCUT2D eigenvalue weighted by atomic mass is 10.0. The molecule has 0 aliphatic heterocycles. The third-order valence-electron chi connectivity index (χ3n) is 3.30. The van der Waals surface area contributed by atoms with Crippen molar-refractivity contribution in [1.82, 2.24) is 0 Å². The standard InChI is InChI=1S/C17H36O4/c1-17(2)9-7-5-3-4-6-8-11-19-13-15-21-16-14-20-12-10-18/h17-18H,3-16H2,1-2H3. The molecule has 0 aliphatic carbocycles. The minimum atomic E-state index is 0.0703. The SMILES string of the molecule is CC(C)CCCCCCCCOCCOCCOCCO. The molecule has 4 heteroatoms. The summed E-state index contributed by atoms with van der Waals surface area (Å²) in [7, 11) is 0. The van der Waals surface area contributed by atoms with Crippen molar-refractivity contribution in [3.63, 3.8) is 0 Å². The van der Waals surface area contributed by atoms with E-state index < -0.39 is 0 Å². The van der Waals surface area contributed by atoms with Gasteiger partial charge < -0.3 is 19.3 Å². The van der Waals surface area contributed by atoms with Gasteiger partial charge in [0.25, 0.3) is 0 Å². The Kier molecular flexibility index (Phi) is 17.8. The number of rotatable bonds is 17.